The van der Waals surface area contributed by atoms with Crippen molar-refractivity contribution in [1.29, 1.82) is 0 Å². The lowest BCUT2D eigenvalue weighted by molar-refractivity contribution is -0.159. The summed E-state index contributed by atoms with van der Waals surface area (Å²) < 4.78 is 6.75. The molecular formula is C19H22BrNO5. The third-order valence-electron chi connectivity index (χ3n) is 3.17. The van der Waals surface area contributed by atoms with Crippen molar-refractivity contribution in [2.45, 2.75) is 19.4 Å². The maximum absolute atomic E-state index is 9.10. The molecule has 0 heterocycles. The van der Waals surface area contributed by atoms with Crippen LogP contribution in [0.25, 0.3) is 0 Å². The zero-order valence-electron chi connectivity index (χ0n) is 14.2. The van der Waals surface area contributed by atoms with Crippen LogP contribution in [0.2, 0.25) is 0 Å². The third kappa shape index (κ3) is 10.5. The summed E-state index contributed by atoms with van der Waals surface area (Å²) in [7, 11) is 0. The molecule has 2 aromatic rings. The largest absolute Gasteiger partial charge is 0.494 e. The molecule has 0 saturated carbocycles. The highest BCUT2D eigenvalue weighted by Gasteiger charge is 2.04. The van der Waals surface area contributed by atoms with Gasteiger partial charge in [0.2, 0.25) is 0 Å². The molecule has 0 unspecified atom stereocenters. The van der Waals surface area contributed by atoms with Crippen molar-refractivity contribution in [3.05, 3.63) is 64.6 Å². The van der Waals surface area contributed by atoms with Gasteiger partial charge in [0.15, 0.2) is 0 Å². The van der Waals surface area contributed by atoms with Crippen LogP contribution in [-0.2, 0) is 16.1 Å². The zero-order valence-corrected chi connectivity index (χ0v) is 15.8. The molecule has 0 saturated heterocycles. The predicted molar refractivity (Wildman–Crippen MR) is 102 cm³/mol. The van der Waals surface area contributed by atoms with Crippen LogP contribution in [-0.4, -0.2) is 35.3 Å². The van der Waals surface area contributed by atoms with Crippen LogP contribution in [0, 0.1) is 0 Å². The first-order chi connectivity index (χ1) is 12.5. The number of nitrogens with one attached hydrogen (secondary N) is 1. The van der Waals surface area contributed by atoms with Gasteiger partial charge in [-0.05, 0) is 43.1 Å². The Kier molecular flexibility index (Phi) is 10.8. The van der Waals surface area contributed by atoms with Gasteiger partial charge in [-0.15, -0.1) is 0 Å². The summed E-state index contributed by atoms with van der Waals surface area (Å²) in [6.07, 6.45) is 2.19. The van der Waals surface area contributed by atoms with Crippen molar-refractivity contribution < 1.29 is 24.5 Å². The summed E-state index contributed by atoms with van der Waals surface area (Å²) in [5.41, 5.74) is 1.33. The normalized spacial score (nSPS) is 9.73. The Balaban J connectivity index is 0.000000487. The summed E-state index contributed by atoms with van der Waals surface area (Å²) in [5.74, 6) is -2.72. The molecule has 7 heteroatoms. The van der Waals surface area contributed by atoms with Gasteiger partial charge >= 0.3 is 11.9 Å². The Morgan fingerprint density at radius 2 is 1.65 bits per heavy atom. The highest BCUT2D eigenvalue weighted by Crippen LogP contribution is 2.17. The topological polar surface area (TPSA) is 95.9 Å². The molecule has 0 fully saturated rings. The minimum absolute atomic E-state index is 0.767. The Bertz CT molecular complexity index is 667. The van der Waals surface area contributed by atoms with Crippen molar-refractivity contribution in [3.63, 3.8) is 0 Å². The van der Waals surface area contributed by atoms with Gasteiger partial charge in [-0.3, -0.25) is 0 Å². The number of aliphatic carboxylic acids is 2. The van der Waals surface area contributed by atoms with Crippen LogP contribution in [0.3, 0.4) is 0 Å². The van der Waals surface area contributed by atoms with Crippen LogP contribution in [0.1, 0.15) is 18.4 Å². The molecule has 2 aromatic carbocycles. The smallest absolute Gasteiger partial charge is 0.414 e. The number of hydrogen-bond acceptors (Lipinski definition) is 4. The molecule has 140 valence electrons. The quantitative estimate of drug-likeness (QED) is 0.443. The second kappa shape index (κ2) is 12.9. The minimum Gasteiger partial charge on any atom is -0.494 e. The number of hydrogen-bond donors (Lipinski definition) is 3. The molecule has 0 amide bonds. The second-order valence-electron chi connectivity index (χ2n) is 5.29. The molecule has 0 aliphatic heterocycles. The lowest BCUT2D eigenvalue weighted by atomic mass is 10.2. The number of halogens is 1. The molecule has 0 aliphatic rings. The van der Waals surface area contributed by atoms with E-state index >= 15 is 0 Å². The standard InChI is InChI=1S/C17H20BrNO.C2H2O4/c18-16-9-6-10-17(13-16)20-12-5-4-11-19-14-15-7-2-1-3-8-15;3-1(4)2(5)6/h1-3,6-10,13,19H,4-5,11-12,14H2;(H,3,4)(H,5,6). The van der Waals surface area contributed by atoms with E-state index in [4.69, 9.17) is 24.5 Å². The summed E-state index contributed by atoms with van der Waals surface area (Å²) in [6, 6.07) is 18.4. The number of carboxylic acids is 2. The van der Waals surface area contributed by atoms with Crippen molar-refractivity contribution >= 4 is 27.9 Å². The molecule has 0 aromatic heterocycles. The molecule has 0 bridgehead atoms. The molecular weight excluding hydrogens is 402 g/mol. The molecule has 3 N–H and O–H groups in total. The first-order valence-electron chi connectivity index (χ1n) is 8.08. The van der Waals surface area contributed by atoms with E-state index in [9.17, 15) is 0 Å². The van der Waals surface area contributed by atoms with Gasteiger partial charge in [0.1, 0.15) is 5.75 Å². The molecule has 2 rings (SSSR count). The second-order valence-corrected chi connectivity index (χ2v) is 6.20. The monoisotopic (exact) mass is 423 g/mol. The number of rotatable bonds is 8. The van der Waals surface area contributed by atoms with Crippen molar-refractivity contribution in [2.24, 2.45) is 0 Å². The average Bonchev–Trinajstić information content (AvgIpc) is 2.62. The lowest BCUT2D eigenvalue weighted by Crippen LogP contribution is -2.15. The highest BCUT2D eigenvalue weighted by atomic mass is 79.9. The van der Waals surface area contributed by atoms with E-state index in [1.165, 1.54) is 5.56 Å². The van der Waals surface area contributed by atoms with Crippen LogP contribution < -0.4 is 10.1 Å². The number of ether oxygens (including phenoxy) is 1. The van der Waals surface area contributed by atoms with Crippen LogP contribution >= 0.6 is 15.9 Å². The fourth-order valence-corrected chi connectivity index (χ4v) is 2.31. The number of benzene rings is 2. The minimum atomic E-state index is -1.82. The van der Waals surface area contributed by atoms with E-state index in [2.05, 4.69) is 45.5 Å². The van der Waals surface area contributed by atoms with Crippen molar-refractivity contribution in [2.75, 3.05) is 13.2 Å². The Morgan fingerprint density at radius 1 is 0.962 bits per heavy atom. The van der Waals surface area contributed by atoms with E-state index in [0.717, 1.165) is 42.8 Å². The zero-order chi connectivity index (χ0) is 19.2. The highest BCUT2D eigenvalue weighted by molar-refractivity contribution is 9.10. The van der Waals surface area contributed by atoms with E-state index in [1.807, 2.05) is 30.3 Å². The van der Waals surface area contributed by atoms with E-state index < -0.39 is 11.9 Å². The molecule has 0 aliphatic carbocycles. The molecule has 0 atom stereocenters. The first kappa shape index (κ1) is 21.7. The predicted octanol–water partition coefficient (Wildman–Crippen LogP) is 3.55. The Hall–Kier alpha value is -2.38. The molecule has 0 radical (unpaired) electrons. The van der Waals surface area contributed by atoms with Gasteiger partial charge in [-0.1, -0.05) is 52.3 Å². The average molecular weight is 424 g/mol. The summed E-state index contributed by atoms with van der Waals surface area (Å²) in [4.78, 5) is 18.2. The van der Waals surface area contributed by atoms with E-state index in [-0.39, 0.29) is 0 Å². The SMILES string of the molecule is Brc1cccc(OCCCCNCc2ccccc2)c1.O=C(O)C(=O)O. The summed E-state index contributed by atoms with van der Waals surface area (Å²) in [5, 5.41) is 18.2. The van der Waals surface area contributed by atoms with Gasteiger partial charge in [-0.2, -0.15) is 0 Å². The van der Waals surface area contributed by atoms with Gasteiger partial charge < -0.3 is 20.3 Å². The molecule has 26 heavy (non-hydrogen) atoms. The van der Waals surface area contributed by atoms with Crippen molar-refractivity contribution in [1.82, 2.24) is 5.32 Å². The van der Waals surface area contributed by atoms with Gasteiger partial charge in [0.05, 0.1) is 6.61 Å². The third-order valence-corrected chi connectivity index (χ3v) is 3.66. The molecule has 6 nitrogen and oxygen atoms in total. The first-order valence-corrected chi connectivity index (χ1v) is 8.87. The number of carbonyl (C=O) groups is 2. The van der Waals surface area contributed by atoms with E-state index in [0.29, 0.717) is 0 Å². The van der Waals surface area contributed by atoms with Crippen molar-refractivity contribution in [3.8, 4) is 5.75 Å². The lowest BCUT2D eigenvalue weighted by Gasteiger charge is -2.07. The van der Waals surface area contributed by atoms with Gasteiger partial charge in [-0.25, -0.2) is 9.59 Å². The fraction of sp³-hybridized carbons (Fsp3) is 0.263. The number of carboxylic acid groups (broad SMARTS) is 2. The summed E-state index contributed by atoms with van der Waals surface area (Å²) in [6.45, 7) is 2.73. The van der Waals surface area contributed by atoms with Crippen LogP contribution in [0.5, 0.6) is 5.75 Å². The maximum atomic E-state index is 9.10. The Labute approximate surface area is 160 Å². The number of unbranched alkanes of at least 4 members (excludes halogenated alkanes) is 1. The van der Waals surface area contributed by atoms with Crippen LogP contribution in [0.15, 0.2) is 59.1 Å². The maximum Gasteiger partial charge on any atom is 0.414 e. The van der Waals surface area contributed by atoms with Gasteiger partial charge in [0.25, 0.3) is 0 Å². The van der Waals surface area contributed by atoms with Crippen LogP contribution in [0.4, 0.5) is 0 Å². The van der Waals surface area contributed by atoms with Gasteiger partial charge in [0, 0.05) is 11.0 Å². The fourth-order valence-electron chi connectivity index (χ4n) is 1.93. The summed E-state index contributed by atoms with van der Waals surface area (Å²) >= 11 is 3.44. The Morgan fingerprint density at radius 3 is 2.27 bits per heavy atom. The molecule has 0 spiro atoms. The van der Waals surface area contributed by atoms with E-state index in [1.54, 1.807) is 0 Å².